The molecule has 0 radical (unpaired) electrons. The molecule has 0 saturated heterocycles. The molecule has 426 valence electrons. The number of hydrogen-bond acceptors (Lipinski definition) is 8. The monoisotopic (exact) mass is 1170 g/mol. The van der Waals surface area contributed by atoms with Gasteiger partial charge < -0.3 is 0 Å². The van der Waals surface area contributed by atoms with Gasteiger partial charge in [-0.2, -0.15) is 19.9 Å². The zero-order chi connectivity index (χ0) is 60.3. The maximum absolute atomic E-state index is 6.05. The van der Waals surface area contributed by atoms with Gasteiger partial charge >= 0.3 is 0 Å². The van der Waals surface area contributed by atoms with Crippen LogP contribution in [0.3, 0.4) is 0 Å². The Labute approximate surface area is 522 Å². The summed E-state index contributed by atoms with van der Waals surface area (Å²) >= 11 is 0. The van der Waals surface area contributed by atoms with E-state index in [4.69, 9.17) is 39.9 Å². The SMILES string of the molecule is Cc1cccc(C)c1-c1nc2c3c(cc4c5ccccc5n(-c5nc(-c6ccccc6)nc(-c6ccccc6)n5)c42)B2c4c(cccc4-n4c(-c5c(C)cccc5C)nc5c4c2cc2c4ccccc4n(-c4nc(-c6ccccc6)nc(-c6ccccc6)n4)c25)-n13. The molecular formula is C78H51BN12. The number of rotatable bonds is 8. The molecule has 12 nitrogen and oxygen atoms in total. The quantitative estimate of drug-likeness (QED) is 0.138. The third kappa shape index (κ3) is 7.34. The molecule has 0 bridgehead atoms. The highest BCUT2D eigenvalue weighted by molar-refractivity contribution is 7.00. The maximum atomic E-state index is 6.05. The molecule has 19 rings (SSSR count). The summed E-state index contributed by atoms with van der Waals surface area (Å²) in [5.74, 6) is 5.06. The summed E-state index contributed by atoms with van der Waals surface area (Å²) in [4.78, 5) is 44.2. The molecule has 13 heteroatoms. The lowest BCUT2D eigenvalue weighted by Crippen LogP contribution is -2.59. The third-order valence-corrected chi connectivity index (χ3v) is 18.8. The second kappa shape index (κ2) is 19.3. The van der Waals surface area contributed by atoms with Crippen molar-refractivity contribution < 1.29 is 0 Å². The van der Waals surface area contributed by atoms with E-state index in [0.717, 1.165) is 155 Å². The van der Waals surface area contributed by atoms with Crippen LogP contribution < -0.4 is 16.4 Å². The van der Waals surface area contributed by atoms with Gasteiger partial charge in [0.15, 0.2) is 23.3 Å². The van der Waals surface area contributed by atoms with Crippen LogP contribution in [0.25, 0.3) is 157 Å². The van der Waals surface area contributed by atoms with Crippen LogP contribution in [0.5, 0.6) is 0 Å². The average Bonchev–Trinajstić information content (AvgIpc) is 1.55. The minimum atomic E-state index is -0.294. The average molecular weight is 1170 g/mol. The van der Waals surface area contributed by atoms with E-state index in [9.17, 15) is 0 Å². The van der Waals surface area contributed by atoms with Gasteiger partial charge in [-0.25, -0.2) is 19.9 Å². The van der Waals surface area contributed by atoms with Crippen molar-refractivity contribution in [3.05, 3.63) is 259 Å². The van der Waals surface area contributed by atoms with Gasteiger partial charge in [-0.05, 0) is 90.6 Å². The van der Waals surface area contributed by atoms with Crippen molar-refractivity contribution in [3.63, 3.8) is 0 Å². The van der Waals surface area contributed by atoms with E-state index in [-0.39, 0.29) is 6.71 Å². The molecule has 11 aromatic carbocycles. The number of aryl methyl sites for hydroxylation is 4. The van der Waals surface area contributed by atoms with Crippen LogP contribution in [-0.4, -0.2) is 64.9 Å². The Hall–Kier alpha value is -12.0. The Morgan fingerprint density at radius 3 is 0.978 bits per heavy atom. The molecule has 91 heavy (non-hydrogen) atoms. The van der Waals surface area contributed by atoms with Crippen molar-refractivity contribution in [3.8, 4) is 91.6 Å². The summed E-state index contributed by atoms with van der Waals surface area (Å²) in [6.07, 6.45) is 0. The van der Waals surface area contributed by atoms with Gasteiger partial charge in [0.05, 0.1) is 33.1 Å². The standard InChI is InChI=1S/C78H51BN12/c1-44-24-21-25-45(2)62(44)75-80-65-67-54(52-36-17-19-38-58(52)90(67)77-84-71(48-28-9-5-10-29-48)82-72(85-77)49-30-11-6-12-31-49)42-56-69(65)88(75)60-40-23-41-61-64(60)79(56)57-43-55-53-37-18-20-39-59(53)91(68(55)66-70(57)89(61)76(81-66)63-46(3)26-22-27-47(63)4)78-86-73(50-32-13-7-14-33-50)83-74(87-78)51-34-15-8-16-35-51/h5-43H,1-4H3. The molecule has 0 amide bonds. The van der Waals surface area contributed by atoms with Crippen LogP contribution in [0.15, 0.2) is 237 Å². The summed E-state index contributed by atoms with van der Waals surface area (Å²) in [6.45, 7) is 8.52. The maximum Gasteiger partial charge on any atom is 0.252 e. The molecule has 2 aliphatic rings. The number of hydrogen-bond donors (Lipinski definition) is 0. The fourth-order valence-electron chi connectivity index (χ4n) is 14.9. The van der Waals surface area contributed by atoms with Crippen molar-refractivity contribution in [2.75, 3.05) is 0 Å². The summed E-state index contributed by atoms with van der Waals surface area (Å²) in [7, 11) is 0. The van der Waals surface area contributed by atoms with Gasteiger partial charge in [0.2, 0.25) is 11.9 Å². The van der Waals surface area contributed by atoms with E-state index in [1.54, 1.807) is 0 Å². The Morgan fingerprint density at radius 1 is 0.286 bits per heavy atom. The van der Waals surface area contributed by atoms with E-state index in [1.807, 2.05) is 72.8 Å². The van der Waals surface area contributed by atoms with Crippen molar-refractivity contribution >= 4 is 88.8 Å². The Morgan fingerprint density at radius 2 is 0.615 bits per heavy atom. The summed E-state index contributed by atoms with van der Waals surface area (Å²) in [5.41, 5.74) is 23.4. The van der Waals surface area contributed by atoms with Gasteiger partial charge in [0.25, 0.3) is 6.71 Å². The minimum Gasteiger partial charge on any atom is -0.293 e. The molecule has 2 aliphatic heterocycles. The van der Waals surface area contributed by atoms with E-state index in [1.165, 1.54) is 5.46 Å². The van der Waals surface area contributed by atoms with Gasteiger partial charge in [-0.1, -0.05) is 212 Å². The summed E-state index contributed by atoms with van der Waals surface area (Å²) in [6, 6.07) is 82.9. The lowest BCUT2D eigenvalue weighted by Gasteiger charge is -2.34. The fourth-order valence-corrected chi connectivity index (χ4v) is 14.9. The molecule has 0 fully saturated rings. The number of aromatic nitrogens is 12. The number of imidazole rings is 2. The number of fused-ring (bicyclic) bond motifs is 12. The number of nitrogens with zero attached hydrogens (tertiary/aromatic N) is 12. The first-order valence-corrected chi connectivity index (χ1v) is 30.8. The van der Waals surface area contributed by atoms with E-state index in [2.05, 4.69) is 210 Å². The first-order chi connectivity index (χ1) is 44.8. The van der Waals surface area contributed by atoms with Crippen molar-refractivity contribution in [1.82, 2.24) is 58.1 Å². The van der Waals surface area contributed by atoms with E-state index < -0.39 is 0 Å². The van der Waals surface area contributed by atoms with Crippen molar-refractivity contribution in [2.24, 2.45) is 0 Å². The topological polar surface area (TPSA) is 123 Å². The number of para-hydroxylation sites is 2. The highest BCUT2D eigenvalue weighted by atomic mass is 15.2. The van der Waals surface area contributed by atoms with E-state index >= 15 is 0 Å². The molecule has 0 saturated carbocycles. The van der Waals surface area contributed by atoms with Crippen LogP contribution in [0.1, 0.15) is 22.3 Å². The molecule has 17 aromatic rings. The molecule has 6 aromatic heterocycles. The molecule has 0 aliphatic carbocycles. The molecule has 8 heterocycles. The zero-order valence-electron chi connectivity index (χ0n) is 50.0. The molecular weight excluding hydrogens is 1120 g/mol. The predicted molar refractivity (Wildman–Crippen MR) is 367 cm³/mol. The normalized spacial score (nSPS) is 12.4. The zero-order valence-corrected chi connectivity index (χ0v) is 50.0. The smallest absolute Gasteiger partial charge is 0.252 e. The fraction of sp³-hybridized carbons (Fsp3) is 0.0513. The van der Waals surface area contributed by atoms with Crippen LogP contribution >= 0.6 is 0 Å². The second-order valence-corrected chi connectivity index (χ2v) is 24.1. The second-order valence-electron chi connectivity index (χ2n) is 24.1. The van der Waals surface area contributed by atoms with Gasteiger partial charge in [0.1, 0.15) is 22.7 Å². The lowest BCUT2D eigenvalue weighted by molar-refractivity contribution is 0.954. The Balaban J connectivity index is 0.969. The Bertz CT molecular complexity index is 5430. The van der Waals surface area contributed by atoms with Crippen molar-refractivity contribution in [1.29, 1.82) is 0 Å². The molecule has 0 atom stereocenters. The first-order valence-electron chi connectivity index (χ1n) is 30.8. The predicted octanol–water partition coefficient (Wildman–Crippen LogP) is 15.3. The first kappa shape index (κ1) is 51.1. The molecule has 0 spiro atoms. The van der Waals surface area contributed by atoms with Gasteiger partial charge in [0, 0.05) is 66.3 Å². The van der Waals surface area contributed by atoms with Crippen LogP contribution in [0.2, 0.25) is 0 Å². The van der Waals surface area contributed by atoms with Gasteiger partial charge in [-0.15, -0.1) is 0 Å². The largest absolute Gasteiger partial charge is 0.293 e. The summed E-state index contributed by atoms with van der Waals surface area (Å²) in [5, 5.41) is 4.21. The lowest BCUT2D eigenvalue weighted by atomic mass is 9.34. The van der Waals surface area contributed by atoms with E-state index in [0.29, 0.717) is 35.2 Å². The van der Waals surface area contributed by atoms with Crippen LogP contribution in [0, 0.1) is 27.7 Å². The van der Waals surface area contributed by atoms with Crippen molar-refractivity contribution in [2.45, 2.75) is 27.7 Å². The Kier molecular flexibility index (Phi) is 10.8. The molecule has 0 unspecified atom stereocenters. The van der Waals surface area contributed by atoms with Crippen LogP contribution in [-0.2, 0) is 0 Å². The third-order valence-electron chi connectivity index (χ3n) is 18.8. The highest BCUT2D eigenvalue weighted by Crippen LogP contribution is 2.46. The minimum absolute atomic E-state index is 0.294. The highest BCUT2D eigenvalue weighted by Gasteiger charge is 2.44. The van der Waals surface area contributed by atoms with Gasteiger partial charge in [-0.3, -0.25) is 18.3 Å². The number of benzene rings is 11. The summed E-state index contributed by atoms with van der Waals surface area (Å²) < 4.78 is 9.41. The van der Waals surface area contributed by atoms with Crippen LogP contribution in [0.4, 0.5) is 0 Å². The molecule has 0 N–H and O–H groups in total.